The van der Waals surface area contributed by atoms with E-state index in [1.165, 1.54) is 32.1 Å². The number of amides is 1. The molecule has 2 saturated carbocycles. The lowest BCUT2D eigenvalue weighted by molar-refractivity contribution is -0.126. The van der Waals surface area contributed by atoms with E-state index >= 15 is 0 Å². The van der Waals surface area contributed by atoms with E-state index in [9.17, 15) is 13.2 Å². The van der Waals surface area contributed by atoms with Crippen LogP contribution in [0.4, 0.5) is 0 Å². The number of hydrogen-bond acceptors (Lipinski definition) is 4. The minimum absolute atomic E-state index is 0.0290. The molecule has 1 aromatic carbocycles. The van der Waals surface area contributed by atoms with Crippen LogP contribution in [0.25, 0.3) is 0 Å². The van der Waals surface area contributed by atoms with Gasteiger partial charge in [0, 0.05) is 5.92 Å². The molecule has 6 heteroatoms. The summed E-state index contributed by atoms with van der Waals surface area (Å²) in [6.07, 6.45) is 8.98. The Balaban J connectivity index is 1.78. The third kappa shape index (κ3) is 5.14. The lowest BCUT2D eigenvalue weighted by Gasteiger charge is -2.36. The lowest BCUT2D eigenvalue weighted by Crippen LogP contribution is -2.41. The van der Waals surface area contributed by atoms with Crippen molar-refractivity contribution in [2.45, 2.75) is 67.9 Å². The zero-order chi connectivity index (χ0) is 20.0. The van der Waals surface area contributed by atoms with Crippen molar-refractivity contribution in [1.29, 1.82) is 5.26 Å². The third-order valence-corrected chi connectivity index (χ3v) is 8.57. The Bertz CT molecular complexity index is 795. The average Bonchev–Trinajstić information content (AvgIpc) is 2.73. The lowest BCUT2D eigenvalue weighted by atomic mass is 9.74. The molecule has 2 fully saturated rings. The van der Waals surface area contributed by atoms with Crippen molar-refractivity contribution in [3.63, 3.8) is 0 Å². The molecular formula is C22H30N2O3S. The molecule has 2 aliphatic carbocycles. The number of nitrogens with zero attached hydrogens (tertiary/aromatic N) is 1. The second-order valence-electron chi connectivity index (χ2n) is 8.37. The monoisotopic (exact) mass is 402 g/mol. The van der Waals surface area contributed by atoms with Gasteiger partial charge in [0.05, 0.1) is 16.2 Å². The summed E-state index contributed by atoms with van der Waals surface area (Å²) >= 11 is 0. The first-order valence-corrected chi connectivity index (χ1v) is 12.0. The van der Waals surface area contributed by atoms with Crippen molar-refractivity contribution in [3.8, 4) is 6.07 Å². The first-order chi connectivity index (χ1) is 13.5. The van der Waals surface area contributed by atoms with Crippen molar-refractivity contribution in [2.75, 3.05) is 6.54 Å². The van der Waals surface area contributed by atoms with Gasteiger partial charge in [0.15, 0.2) is 9.84 Å². The summed E-state index contributed by atoms with van der Waals surface area (Å²) in [6.45, 7) is -0.0290. The van der Waals surface area contributed by atoms with Gasteiger partial charge in [-0.05, 0) is 49.7 Å². The van der Waals surface area contributed by atoms with Crippen LogP contribution in [0, 0.1) is 29.1 Å². The van der Waals surface area contributed by atoms with Gasteiger partial charge >= 0.3 is 0 Å². The van der Waals surface area contributed by atoms with Crippen molar-refractivity contribution in [1.82, 2.24) is 5.32 Å². The first kappa shape index (κ1) is 20.9. The summed E-state index contributed by atoms with van der Waals surface area (Å²) in [5.74, 6) is 0.389. The van der Waals surface area contributed by atoms with Crippen LogP contribution in [0.5, 0.6) is 0 Å². The zero-order valence-electron chi connectivity index (χ0n) is 16.3. The maximum atomic E-state index is 13.2. The molecule has 3 rings (SSSR count). The topological polar surface area (TPSA) is 87.0 Å². The fourth-order valence-electron chi connectivity index (χ4n) is 5.01. The Morgan fingerprint density at radius 3 is 2.43 bits per heavy atom. The van der Waals surface area contributed by atoms with Crippen molar-refractivity contribution in [3.05, 3.63) is 30.3 Å². The molecule has 0 radical (unpaired) electrons. The van der Waals surface area contributed by atoms with E-state index in [1.807, 2.05) is 12.1 Å². The maximum Gasteiger partial charge on any atom is 0.223 e. The Hall–Kier alpha value is -1.87. The van der Waals surface area contributed by atoms with E-state index in [-0.39, 0.29) is 24.3 Å². The first-order valence-electron chi connectivity index (χ1n) is 10.4. The molecule has 0 aliphatic heterocycles. The van der Waals surface area contributed by atoms with Crippen LogP contribution in [0.3, 0.4) is 0 Å². The normalized spacial score (nSPS) is 26.3. The van der Waals surface area contributed by atoms with Gasteiger partial charge in [-0.2, -0.15) is 5.26 Å². The molecular weight excluding hydrogens is 372 g/mol. The standard InChI is InChI=1S/C22H30N2O3S/c23-11-12-24-22(25)19-14-18(13-17-7-3-1-4-8-17)15-21(16-19)28(26,27)20-9-5-2-6-10-20/h2,5-6,9-10,17-19,21H,1,3-4,7-8,12-16H2,(H,24,25). The van der Waals surface area contributed by atoms with E-state index in [1.54, 1.807) is 24.3 Å². The Morgan fingerprint density at radius 2 is 1.75 bits per heavy atom. The van der Waals surface area contributed by atoms with Crippen molar-refractivity contribution in [2.24, 2.45) is 17.8 Å². The van der Waals surface area contributed by atoms with Gasteiger partial charge in [0.2, 0.25) is 5.91 Å². The van der Waals surface area contributed by atoms with Crippen LogP contribution in [-0.2, 0) is 14.6 Å². The number of nitrogens with one attached hydrogen (secondary N) is 1. The highest BCUT2D eigenvalue weighted by Gasteiger charge is 2.40. The molecule has 0 aromatic heterocycles. The molecule has 3 unspecified atom stereocenters. The number of hydrogen-bond donors (Lipinski definition) is 1. The van der Waals surface area contributed by atoms with Crippen LogP contribution in [-0.4, -0.2) is 26.1 Å². The highest BCUT2D eigenvalue weighted by Crippen LogP contribution is 2.40. The van der Waals surface area contributed by atoms with Crippen LogP contribution >= 0.6 is 0 Å². The predicted octanol–water partition coefficient (Wildman–Crippen LogP) is 3.86. The second kappa shape index (κ2) is 9.56. The fourth-order valence-corrected chi connectivity index (χ4v) is 6.94. The minimum Gasteiger partial charge on any atom is -0.343 e. The summed E-state index contributed by atoms with van der Waals surface area (Å²) in [6, 6.07) is 10.5. The van der Waals surface area contributed by atoms with E-state index in [0.717, 1.165) is 12.8 Å². The van der Waals surface area contributed by atoms with Gasteiger partial charge in [0.25, 0.3) is 0 Å². The van der Waals surface area contributed by atoms with Gasteiger partial charge in [-0.3, -0.25) is 4.79 Å². The van der Waals surface area contributed by atoms with E-state index in [0.29, 0.717) is 23.7 Å². The van der Waals surface area contributed by atoms with E-state index in [4.69, 9.17) is 5.26 Å². The smallest absolute Gasteiger partial charge is 0.223 e. The number of sulfone groups is 1. The van der Waals surface area contributed by atoms with Gasteiger partial charge in [-0.15, -0.1) is 0 Å². The summed E-state index contributed by atoms with van der Waals surface area (Å²) in [5, 5.41) is 10.9. The van der Waals surface area contributed by atoms with Gasteiger partial charge in [0.1, 0.15) is 6.54 Å². The van der Waals surface area contributed by atoms with Crippen molar-refractivity contribution >= 4 is 15.7 Å². The molecule has 0 saturated heterocycles. The van der Waals surface area contributed by atoms with Crippen LogP contribution in [0.2, 0.25) is 0 Å². The van der Waals surface area contributed by atoms with E-state index < -0.39 is 15.1 Å². The fraction of sp³-hybridized carbons (Fsp3) is 0.636. The number of benzene rings is 1. The Kier molecular flexibility index (Phi) is 7.12. The summed E-state index contributed by atoms with van der Waals surface area (Å²) in [7, 11) is -3.47. The molecule has 2 aliphatic rings. The highest BCUT2D eigenvalue weighted by atomic mass is 32.2. The average molecular weight is 403 g/mol. The molecule has 28 heavy (non-hydrogen) atoms. The second-order valence-corrected chi connectivity index (χ2v) is 10.6. The quantitative estimate of drug-likeness (QED) is 0.732. The largest absolute Gasteiger partial charge is 0.343 e. The number of carbonyl (C=O) groups is 1. The molecule has 3 atom stereocenters. The number of carbonyl (C=O) groups excluding carboxylic acids is 1. The maximum absolute atomic E-state index is 13.2. The summed E-state index contributed by atoms with van der Waals surface area (Å²) in [4.78, 5) is 12.9. The molecule has 0 heterocycles. The predicted molar refractivity (Wildman–Crippen MR) is 108 cm³/mol. The minimum atomic E-state index is -3.47. The summed E-state index contributed by atoms with van der Waals surface area (Å²) in [5.41, 5.74) is 0. The van der Waals surface area contributed by atoms with Crippen LogP contribution < -0.4 is 5.32 Å². The molecule has 0 spiro atoms. The van der Waals surface area contributed by atoms with Gasteiger partial charge in [-0.1, -0.05) is 50.3 Å². The molecule has 152 valence electrons. The zero-order valence-corrected chi connectivity index (χ0v) is 17.2. The molecule has 1 aromatic rings. The Labute approximate surface area is 168 Å². The van der Waals surface area contributed by atoms with Crippen LogP contribution in [0.1, 0.15) is 57.8 Å². The molecule has 1 amide bonds. The van der Waals surface area contributed by atoms with Gasteiger partial charge in [-0.25, -0.2) is 8.42 Å². The third-order valence-electron chi connectivity index (χ3n) is 6.38. The van der Waals surface area contributed by atoms with Crippen LogP contribution in [0.15, 0.2) is 35.2 Å². The molecule has 5 nitrogen and oxygen atoms in total. The molecule has 0 bridgehead atoms. The van der Waals surface area contributed by atoms with Crippen molar-refractivity contribution < 1.29 is 13.2 Å². The van der Waals surface area contributed by atoms with E-state index in [2.05, 4.69) is 5.32 Å². The summed E-state index contributed by atoms with van der Waals surface area (Å²) < 4.78 is 26.4. The SMILES string of the molecule is N#CCNC(=O)C1CC(CC2CCCCC2)CC(S(=O)(=O)c2ccccc2)C1. The number of rotatable bonds is 6. The molecule has 1 N–H and O–H groups in total. The highest BCUT2D eigenvalue weighted by molar-refractivity contribution is 7.92. The Morgan fingerprint density at radius 1 is 1.04 bits per heavy atom. The number of nitriles is 1. The van der Waals surface area contributed by atoms with Gasteiger partial charge < -0.3 is 5.32 Å².